The third-order valence-corrected chi connectivity index (χ3v) is 3.64. The molecule has 2 rings (SSSR count). The minimum absolute atomic E-state index is 0.229. The molecular weight excluding hydrogens is 336 g/mol. The molecule has 8 nitrogen and oxygen atoms in total. The Morgan fingerprint density at radius 3 is 2.75 bits per heavy atom. The number of hydrogen-bond donors (Lipinski definition) is 2. The first kappa shape index (κ1) is 17.5. The minimum atomic E-state index is -1.10. The van der Waals surface area contributed by atoms with Gasteiger partial charge in [0.2, 0.25) is 5.91 Å². The van der Waals surface area contributed by atoms with Crippen LogP contribution in [0.1, 0.15) is 12.5 Å². The van der Waals surface area contributed by atoms with Crippen LogP contribution in [0.5, 0.6) is 11.5 Å². The van der Waals surface area contributed by atoms with Crippen LogP contribution in [0.3, 0.4) is 0 Å². The number of aliphatic carboxylic acids is 1. The molecule has 0 aromatic heterocycles. The first-order chi connectivity index (χ1) is 11.4. The van der Waals surface area contributed by atoms with Crippen LogP contribution in [-0.2, 0) is 14.4 Å². The van der Waals surface area contributed by atoms with Crippen molar-refractivity contribution < 1.29 is 29.0 Å². The van der Waals surface area contributed by atoms with E-state index in [2.05, 4.69) is 10.3 Å². The maximum atomic E-state index is 11.8. The van der Waals surface area contributed by atoms with Crippen LogP contribution < -0.4 is 14.8 Å². The first-order valence-corrected chi connectivity index (χ1v) is 7.53. The van der Waals surface area contributed by atoms with E-state index >= 15 is 0 Å². The Morgan fingerprint density at radius 1 is 1.38 bits per heavy atom. The summed E-state index contributed by atoms with van der Waals surface area (Å²) in [5.74, 6) is -1.24. The van der Waals surface area contributed by atoms with Gasteiger partial charge in [0, 0.05) is 6.92 Å². The topological polar surface area (TPSA) is 114 Å². The number of aliphatic imine (C=N–C) groups is 1. The third kappa shape index (κ3) is 4.59. The molecule has 9 heteroatoms. The number of carbonyl (C=O) groups is 3. The monoisotopic (exact) mass is 350 g/mol. The Balaban J connectivity index is 2.17. The van der Waals surface area contributed by atoms with Crippen LogP contribution in [0.15, 0.2) is 28.1 Å². The fraction of sp³-hybridized carbons (Fsp3) is 0.200. The molecule has 2 amide bonds. The second kappa shape index (κ2) is 7.64. The molecule has 0 saturated heterocycles. The second-order valence-corrected chi connectivity index (χ2v) is 5.64. The largest absolute Gasteiger partial charge is 0.493 e. The Bertz CT molecular complexity index is 756. The molecule has 1 heterocycles. The molecule has 2 N–H and O–H groups in total. The number of thioether (sulfide) groups is 1. The lowest BCUT2D eigenvalue weighted by Crippen LogP contribution is -2.23. The van der Waals surface area contributed by atoms with Gasteiger partial charge in [-0.25, -0.2) is 4.79 Å². The molecule has 1 aromatic rings. The molecular formula is C15H14N2O6S. The van der Waals surface area contributed by atoms with Crippen molar-refractivity contribution in [3.8, 4) is 11.5 Å². The van der Waals surface area contributed by atoms with Crippen LogP contribution in [0.25, 0.3) is 6.08 Å². The van der Waals surface area contributed by atoms with Crippen molar-refractivity contribution in [3.05, 3.63) is 28.7 Å². The zero-order valence-corrected chi connectivity index (χ0v) is 13.7. The molecule has 0 spiro atoms. The van der Waals surface area contributed by atoms with Gasteiger partial charge in [-0.1, -0.05) is 6.07 Å². The first-order valence-electron chi connectivity index (χ1n) is 6.72. The number of nitrogens with zero attached hydrogens (tertiary/aromatic N) is 1. The van der Waals surface area contributed by atoms with Gasteiger partial charge < -0.3 is 19.9 Å². The van der Waals surface area contributed by atoms with E-state index in [4.69, 9.17) is 14.6 Å². The molecule has 0 atom stereocenters. The van der Waals surface area contributed by atoms with E-state index in [-0.39, 0.29) is 16.8 Å². The van der Waals surface area contributed by atoms with E-state index in [0.717, 1.165) is 11.8 Å². The lowest BCUT2D eigenvalue weighted by Gasteiger charge is -2.09. The maximum Gasteiger partial charge on any atom is 0.341 e. The van der Waals surface area contributed by atoms with Crippen molar-refractivity contribution >= 4 is 40.8 Å². The van der Waals surface area contributed by atoms with Crippen molar-refractivity contribution in [1.29, 1.82) is 0 Å². The van der Waals surface area contributed by atoms with Crippen molar-refractivity contribution in [3.63, 3.8) is 0 Å². The number of nitrogens with one attached hydrogen (secondary N) is 1. The highest BCUT2D eigenvalue weighted by Crippen LogP contribution is 2.32. The molecule has 24 heavy (non-hydrogen) atoms. The van der Waals surface area contributed by atoms with Gasteiger partial charge in [0.1, 0.15) is 0 Å². The van der Waals surface area contributed by atoms with Gasteiger partial charge in [-0.3, -0.25) is 9.59 Å². The third-order valence-electron chi connectivity index (χ3n) is 2.74. The number of amides is 2. The highest BCUT2D eigenvalue weighted by atomic mass is 32.2. The Morgan fingerprint density at radius 2 is 2.12 bits per heavy atom. The molecule has 0 radical (unpaired) electrons. The molecule has 1 aromatic carbocycles. The fourth-order valence-electron chi connectivity index (χ4n) is 1.80. The summed E-state index contributed by atoms with van der Waals surface area (Å²) in [6.07, 6.45) is 1.59. The number of rotatable bonds is 5. The number of amidine groups is 1. The van der Waals surface area contributed by atoms with Gasteiger partial charge in [-0.2, -0.15) is 4.99 Å². The summed E-state index contributed by atoms with van der Waals surface area (Å²) in [6.45, 7) is 0.842. The van der Waals surface area contributed by atoms with Crippen molar-refractivity contribution in [1.82, 2.24) is 5.32 Å². The minimum Gasteiger partial charge on any atom is -0.493 e. The van der Waals surface area contributed by atoms with E-state index in [1.165, 1.54) is 14.0 Å². The van der Waals surface area contributed by atoms with Gasteiger partial charge in [0.05, 0.1) is 12.0 Å². The van der Waals surface area contributed by atoms with Gasteiger partial charge >= 0.3 is 5.97 Å². The molecule has 126 valence electrons. The van der Waals surface area contributed by atoms with Crippen LogP contribution in [0.4, 0.5) is 0 Å². The molecule has 0 saturated carbocycles. The number of carboxylic acid groups (broad SMARTS) is 1. The number of carbonyl (C=O) groups excluding carboxylic acids is 2. The molecule has 0 unspecified atom stereocenters. The Kier molecular flexibility index (Phi) is 5.59. The number of methoxy groups -OCH3 is 1. The SMILES string of the molecule is COc1cc(C=C2SC(NC(C)=O)=NC2=O)ccc1OCC(=O)O. The number of hydrogen-bond acceptors (Lipinski definition) is 6. The van der Waals surface area contributed by atoms with Crippen LogP contribution in [-0.4, -0.2) is 41.8 Å². The number of benzene rings is 1. The van der Waals surface area contributed by atoms with Gasteiger partial charge in [0.25, 0.3) is 5.91 Å². The van der Waals surface area contributed by atoms with Crippen molar-refractivity contribution in [2.45, 2.75) is 6.92 Å². The fourth-order valence-corrected chi connectivity index (χ4v) is 2.66. The summed E-state index contributed by atoms with van der Waals surface area (Å²) in [4.78, 5) is 37.4. The highest BCUT2D eigenvalue weighted by molar-refractivity contribution is 8.18. The lowest BCUT2D eigenvalue weighted by atomic mass is 10.2. The standard InChI is InChI=1S/C15H14N2O6S/c1-8(18)16-15-17-14(21)12(24-15)6-9-3-4-10(11(5-9)22-2)23-7-13(19)20/h3-6H,7H2,1-2H3,(H,19,20)(H,16,17,18,21). The summed E-state index contributed by atoms with van der Waals surface area (Å²) >= 11 is 1.05. The normalized spacial score (nSPS) is 15.2. The van der Waals surface area contributed by atoms with Crippen LogP contribution in [0.2, 0.25) is 0 Å². The Hall–Kier alpha value is -2.81. The average Bonchev–Trinajstić information content (AvgIpc) is 2.84. The molecule has 0 bridgehead atoms. The van der Waals surface area contributed by atoms with Crippen molar-refractivity contribution in [2.24, 2.45) is 4.99 Å². The highest BCUT2D eigenvalue weighted by Gasteiger charge is 2.22. The summed E-state index contributed by atoms with van der Waals surface area (Å²) in [5.41, 5.74) is 0.643. The number of ether oxygens (including phenoxy) is 2. The smallest absolute Gasteiger partial charge is 0.341 e. The molecule has 0 fully saturated rings. The second-order valence-electron chi connectivity index (χ2n) is 4.61. The van der Waals surface area contributed by atoms with Crippen LogP contribution >= 0.6 is 11.8 Å². The average molecular weight is 350 g/mol. The Labute approximate surface area is 141 Å². The molecule has 1 aliphatic heterocycles. The summed E-state index contributed by atoms with van der Waals surface area (Å²) in [5, 5.41) is 11.3. The van der Waals surface area contributed by atoms with E-state index in [0.29, 0.717) is 16.2 Å². The predicted molar refractivity (Wildman–Crippen MR) is 88.0 cm³/mol. The van der Waals surface area contributed by atoms with Crippen LogP contribution in [0, 0.1) is 0 Å². The van der Waals surface area contributed by atoms with E-state index in [1.54, 1.807) is 24.3 Å². The summed E-state index contributed by atoms with van der Waals surface area (Å²) < 4.78 is 10.3. The molecule has 1 aliphatic rings. The zero-order valence-electron chi connectivity index (χ0n) is 12.9. The van der Waals surface area contributed by atoms with Gasteiger partial charge in [-0.05, 0) is 35.5 Å². The quantitative estimate of drug-likeness (QED) is 0.768. The summed E-state index contributed by atoms with van der Waals surface area (Å²) in [6, 6.07) is 4.80. The van der Waals surface area contributed by atoms with E-state index in [1.807, 2.05) is 0 Å². The van der Waals surface area contributed by atoms with Gasteiger partial charge in [0.15, 0.2) is 23.3 Å². The molecule has 0 aliphatic carbocycles. The lowest BCUT2D eigenvalue weighted by molar-refractivity contribution is -0.139. The van der Waals surface area contributed by atoms with Crippen molar-refractivity contribution in [2.75, 3.05) is 13.7 Å². The zero-order chi connectivity index (χ0) is 17.7. The van der Waals surface area contributed by atoms with Gasteiger partial charge in [-0.15, -0.1) is 0 Å². The van der Waals surface area contributed by atoms with E-state index in [9.17, 15) is 14.4 Å². The van der Waals surface area contributed by atoms with E-state index < -0.39 is 18.5 Å². The number of carboxylic acids is 1. The predicted octanol–water partition coefficient (Wildman–Crippen LogP) is 1.26. The summed E-state index contributed by atoms with van der Waals surface area (Å²) in [7, 11) is 1.42. The maximum absolute atomic E-state index is 11.8.